The van der Waals surface area contributed by atoms with Crippen molar-refractivity contribution in [2.45, 2.75) is 6.18 Å². The molecule has 0 amide bonds. The highest BCUT2D eigenvalue weighted by Crippen LogP contribution is 2.34. The average molecular weight is 290 g/mol. The molecule has 0 radical (unpaired) electrons. The van der Waals surface area contributed by atoms with Crippen molar-refractivity contribution in [1.29, 1.82) is 0 Å². The Morgan fingerprint density at radius 1 is 1.32 bits per heavy atom. The third-order valence-electron chi connectivity index (χ3n) is 2.26. The molecular weight excluding hydrogens is 283 g/mol. The molecule has 2 rings (SSSR count). The minimum atomic E-state index is -4.47. The van der Waals surface area contributed by atoms with E-state index >= 15 is 0 Å². The normalized spacial score (nSPS) is 11.4. The van der Waals surface area contributed by atoms with Gasteiger partial charge < -0.3 is 10.3 Å². The van der Waals surface area contributed by atoms with Gasteiger partial charge in [-0.2, -0.15) is 13.2 Å². The first kappa shape index (κ1) is 13.4. The van der Waals surface area contributed by atoms with E-state index in [4.69, 9.17) is 11.6 Å². The summed E-state index contributed by atoms with van der Waals surface area (Å²) in [6.45, 7) is 0. The lowest BCUT2D eigenvalue weighted by Crippen LogP contribution is -2.12. The first-order valence-corrected chi connectivity index (χ1v) is 5.43. The fourth-order valence-electron chi connectivity index (χ4n) is 1.36. The van der Waals surface area contributed by atoms with Crippen LogP contribution in [0.15, 0.2) is 35.4 Å². The van der Waals surface area contributed by atoms with Gasteiger partial charge in [0, 0.05) is 12.4 Å². The Labute approximate surface area is 110 Å². The number of rotatable bonds is 2. The van der Waals surface area contributed by atoms with E-state index in [1.54, 1.807) is 0 Å². The summed E-state index contributed by atoms with van der Waals surface area (Å²) in [5.41, 5.74) is -1.20. The summed E-state index contributed by atoms with van der Waals surface area (Å²) in [4.78, 5) is 17.5. The van der Waals surface area contributed by atoms with Gasteiger partial charge in [-0.25, -0.2) is 4.98 Å². The van der Waals surface area contributed by atoms with Crippen LogP contribution in [0.25, 0.3) is 0 Å². The highest BCUT2D eigenvalue weighted by Gasteiger charge is 2.30. The number of halogens is 4. The number of hydrogen-bond acceptors (Lipinski definition) is 3. The Balaban J connectivity index is 2.33. The molecule has 1 aromatic carbocycles. The van der Waals surface area contributed by atoms with Crippen molar-refractivity contribution >= 4 is 23.1 Å². The molecule has 0 aliphatic heterocycles. The van der Waals surface area contributed by atoms with Crippen LogP contribution in [-0.4, -0.2) is 9.97 Å². The van der Waals surface area contributed by atoms with Crippen molar-refractivity contribution in [2.24, 2.45) is 0 Å². The van der Waals surface area contributed by atoms with Crippen LogP contribution in [0, 0.1) is 0 Å². The second-order valence-corrected chi connectivity index (χ2v) is 3.99. The van der Waals surface area contributed by atoms with Gasteiger partial charge in [0.05, 0.1) is 16.3 Å². The van der Waals surface area contributed by atoms with Crippen molar-refractivity contribution in [3.8, 4) is 0 Å². The number of benzene rings is 1. The average Bonchev–Trinajstić information content (AvgIpc) is 2.33. The Bertz CT molecular complexity index is 654. The standard InChI is InChI=1S/C11H7ClF3N3O/c12-7-5-6(11(13,14)15)1-2-8(7)18-9-10(19)17-4-3-16-9/h1-5H,(H,16,18)(H,17,19). The fourth-order valence-corrected chi connectivity index (χ4v) is 1.59. The highest BCUT2D eigenvalue weighted by atomic mass is 35.5. The maximum atomic E-state index is 12.4. The van der Waals surface area contributed by atoms with E-state index < -0.39 is 17.3 Å². The third-order valence-corrected chi connectivity index (χ3v) is 2.57. The Morgan fingerprint density at radius 3 is 2.63 bits per heavy atom. The monoisotopic (exact) mass is 289 g/mol. The second-order valence-electron chi connectivity index (χ2n) is 3.58. The highest BCUT2D eigenvalue weighted by molar-refractivity contribution is 6.33. The van der Waals surface area contributed by atoms with Crippen LogP contribution in [0.5, 0.6) is 0 Å². The molecule has 4 nitrogen and oxygen atoms in total. The van der Waals surface area contributed by atoms with Gasteiger partial charge in [0.15, 0.2) is 5.82 Å². The first-order chi connectivity index (χ1) is 8.88. The van der Waals surface area contributed by atoms with Crippen LogP contribution in [0.3, 0.4) is 0 Å². The van der Waals surface area contributed by atoms with Gasteiger partial charge in [0.25, 0.3) is 5.56 Å². The molecule has 0 unspecified atom stereocenters. The lowest BCUT2D eigenvalue weighted by Gasteiger charge is -2.10. The molecule has 0 atom stereocenters. The molecular formula is C11H7ClF3N3O. The van der Waals surface area contributed by atoms with E-state index in [-0.39, 0.29) is 16.5 Å². The number of anilines is 2. The van der Waals surface area contributed by atoms with Crippen LogP contribution in [0.1, 0.15) is 5.56 Å². The van der Waals surface area contributed by atoms with E-state index in [1.807, 2.05) is 0 Å². The molecule has 8 heteroatoms. The number of H-pyrrole nitrogens is 1. The first-order valence-electron chi connectivity index (χ1n) is 5.05. The van der Waals surface area contributed by atoms with E-state index in [9.17, 15) is 18.0 Å². The SMILES string of the molecule is O=c1[nH]ccnc1Nc1ccc(C(F)(F)F)cc1Cl. The van der Waals surface area contributed by atoms with Crippen LogP contribution < -0.4 is 10.9 Å². The van der Waals surface area contributed by atoms with Gasteiger partial charge in [-0.1, -0.05) is 11.6 Å². The van der Waals surface area contributed by atoms with Crippen LogP contribution in [0.2, 0.25) is 5.02 Å². The zero-order valence-electron chi connectivity index (χ0n) is 9.25. The number of aromatic amines is 1. The third kappa shape index (κ3) is 3.05. The van der Waals surface area contributed by atoms with Crippen molar-refractivity contribution in [1.82, 2.24) is 9.97 Å². The Morgan fingerprint density at radius 2 is 2.05 bits per heavy atom. The molecule has 1 aromatic heterocycles. The second kappa shape index (κ2) is 4.93. The molecule has 0 saturated heterocycles. The number of nitrogens with zero attached hydrogens (tertiary/aromatic N) is 1. The van der Waals surface area contributed by atoms with E-state index in [0.717, 1.165) is 18.2 Å². The molecule has 100 valence electrons. The molecule has 0 saturated carbocycles. The van der Waals surface area contributed by atoms with Gasteiger partial charge >= 0.3 is 6.18 Å². The molecule has 0 aliphatic rings. The molecule has 0 spiro atoms. The lowest BCUT2D eigenvalue weighted by atomic mass is 10.2. The summed E-state index contributed by atoms with van der Waals surface area (Å²) in [6, 6.07) is 2.78. The largest absolute Gasteiger partial charge is 0.416 e. The van der Waals surface area contributed by atoms with E-state index in [2.05, 4.69) is 15.3 Å². The minimum Gasteiger partial charge on any atom is -0.334 e. The molecule has 1 heterocycles. The van der Waals surface area contributed by atoms with Gasteiger partial charge in [-0.15, -0.1) is 0 Å². The Kier molecular flexibility index (Phi) is 3.48. The summed E-state index contributed by atoms with van der Waals surface area (Å²) >= 11 is 5.74. The molecule has 0 fully saturated rings. The van der Waals surface area contributed by atoms with Crippen LogP contribution >= 0.6 is 11.6 Å². The number of aromatic nitrogens is 2. The molecule has 2 N–H and O–H groups in total. The zero-order chi connectivity index (χ0) is 14.0. The van der Waals surface area contributed by atoms with Crippen molar-refractivity contribution < 1.29 is 13.2 Å². The molecule has 0 bridgehead atoms. The van der Waals surface area contributed by atoms with Gasteiger partial charge in [-0.05, 0) is 18.2 Å². The van der Waals surface area contributed by atoms with Gasteiger partial charge in [-0.3, -0.25) is 4.79 Å². The smallest absolute Gasteiger partial charge is 0.334 e. The topological polar surface area (TPSA) is 57.8 Å². The molecule has 2 aromatic rings. The van der Waals surface area contributed by atoms with E-state index in [0.29, 0.717) is 0 Å². The van der Waals surface area contributed by atoms with Gasteiger partial charge in [0.2, 0.25) is 0 Å². The maximum absolute atomic E-state index is 12.4. The summed E-state index contributed by atoms with van der Waals surface area (Å²) in [5, 5.41) is 2.41. The summed E-state index contributed by atoms with van der Waals surface area (Å²) < 4.78 is 37.3. The lowest BCUT2D eigenvalue weighted by molar-refractivity contribution is -0.137. The van der Waals surface area contributed by atoms with Crippen LogP contribution in [0.4, 0.5) is 24.7 Å². The summed E-state index contributed by atoms with van der Waals surface area (Å²) in [5.74, 6) is -0.0517. The molecule has 19 heavy (non-hydrogen) atoms. The quantitative estimate of drug-likeness (QED) is 0.892. The minimum absolute atomic E-state index is 0.0517. The number of alkyl halides is 3. The van der Waals surface area contributed by atoms with Gasteiger partial charge in [0.1, 0.15) is 0 Å². The summed E-state index contributed by atoms with van der Waals surface area (Å²) in [7, 11) is 0. The number of hydrogen-bond donors (Lipinski definition) is 2. The Hall–Kier alpha value is -2.02. The maximum Gasteiger partial charge on any atom is 0.416 e. The van der Waals surface area contributed by atoms with Crippen LogP contribution in [-0.2, 0) is 6.18 Å². The fraction of sp³-hybridized carbons (Fsp3) is 0.0909. The summed E-state index contributed by atoms with van der Waals surface area (Å²) in [6.07, 6.45) is -1.80. The molecule has 0 aliphatic carbocycles. The van der Waals surface area contributed by atoms with Crippen molar-refractivity contribution in [2.75, 3.05) is 5.32 Å². The van der Waals surface area contributed by atoms with Crippen molar-refractivity contribution in [3.63, 3.8) is 0 Å². The predicted octanol–water partition coefficient (Wildman–Crippen LogP) is 3.19. The van der Waals surface area contributed by atoms with Crippen molar-refractivity contribution in [3.05, 3.63) is 51.5 Å². The predicted molar refractivity (Wildman–Crippen MR) is 64.6 cm³/mol. The van der Waals surface area contributed by atoms with E-state index in [1.165, 1.54) is 12.4 Å². The number of nitrogens with one attached hydrogen (secondary N) is 2. The zero-order valence-corrected chi connectivity index (χ0v) is 10.0.